The molecule has 3 rings (SSSR count). The lowest BCUT2D eigenvalue weighted by Gasteiger charge is -2.16. The first-order chi connectivity index (χ1) is 10.2. The second kappa shape index (κ2) is 5.85. The van der Waals surface area contributed by atoms with Gasteiger partial charge in [0.05, 0.1) is 5.92 Å². The number of amides is 1. The van der Waals surface area contributed by atoms with Gasteiger partial charge in [0, 0.05) is 31.0 Å². The van der Waals surface area contributed by atoms with E-state index in [1.54, 1.807) is 4.90 Å². The molecule has 5 nitrogen and oxygen atoms in total. The molecular formula is C15H16ClN3O2. The standard InChI is InChI=1S/C15H16ClN3O2/c1-2-13-17-15(21-18-13)11-7-14(20)19(9-11)8-10-5-3-4-6-12(10)16/h3-6,11H,2,7-9H2,1H3. The van der Waals surface area contributed by atoms with Gasteiger partial charge < -0.3 is 9.42 Å². The molecule has 1 saturated heterocycles. The minimum Gasteiger partial charge on any atom is -0.339 e. The van der Waals surface area contributed by atoms with Gasteiger partial charge in [0.1, 0.15) is 0 Å². The van der Waals surface area contributed by atoms with Crippen LogP contribution in [0.1, 0.15) is 36.5 Å². The molecule has 1 aromatic carbocycles. The molecule has 1 aliphatic heterocycles. The lowest BCUT2D eigenvalue weighted by molar-refractivity contribution is -0.128. The van der Waals surface area contributed by atoms with Crippen molar-refractivity contribution in [1.29, 1.82) is 0 Å². The Hall–Kier alpha value is -1.88. The summed E-state index contributed by atoms with van der Waals surface area (Å²) < 4.78 is 5.24. The molecule has 0 N–H and O–H groups in total. The van der Waals surface area contributed by atoms with E-state index in [9.17, 15) is 4.79 Å². The molecule has 0 radical (unpaired) electrons. The van der Waals surface area contributed by atoms with Crippen molar-refractivity contribution in [3.05, 3.63) is 46.6 Å². The third-order valence-corrected chi connectivity index (χ3v) is 4.05. The van der Waals surface area contributed by atoms with E-state index >= 15 is 0 Å². The maximum absolute atomic E-state index is 12.1. The van der Waals surface area contributed by atoms with Crippen LogP contribution in [0.15, 0.2) is 28.8 Å². The topological polar surface area (TPSA) is 59.2 Å². The first-order valence-corrected chi connectivity index (χ1v) is 7.38. The molecule has 1 aromatic heterocycles. The van der Waals surface area contributed by atoms with Crippen molar-refractivity contribution in [3.63, 3.8) is 0 Å². The van der Waals surface area contributed by atoms with Crippen LogP contribution in [0.4, 0.5) is 0 Å². The number of hydrogen-bond acceptors (Lipinski definition) is 4. The minimum atomic E-state index is -0.0206. The Labute approximate surface area is 127 Å². The number of halogens is 1. The zero-order valence-electron chi connectivity index (χ0n) is 11.8. The number of nitrogens with zero attached hydrogens (tertiary/aromatic N) is 3. The summed E-state index contributed by atoms with van der Waals surface area (Å²) in [5.74, 6) is 1.31. The largest absolute Gasteiger partial charge is 0.339 e. The monoisotopic (exact) mass is 305 g/mol. The summed E-state index contributed by atoms with van der Waals surface area (Å²) in [6.07, 6.45) is 1.14. The van der Waals surface area contributed by atoms with Crippen molar-refractivity contribution in [3.8, 4) is 0 Å². The molecule has 1 amide bonds. The van der Waals surface area contributed by atoms with Crippen molar-refractivity contribution in [1.82, 2.24) is 15.0 Å². The number of benzene rings is 1. The molecule has 1 unspecified atom stereocenters. The van der Waals surface area contributed by atoms with Gasteiger partial charge in [-0.3, -0.25) is 4.79 Å². The van der Waals surface area contributed by atoms with Gasteiger partial charge >= 0.3 is 0 Å². The van der Waals surface area contributed by atoms with Crippen molar-refractivity contribution in [2.24, 2.45) is 0 Å². The maximum atomic E-state index is 12.1. The van der Waals surface area contributed by atoms with Crippen LogP contribution in [-0.2, 0) is 17.8 Å². The Bertz CT molecular complexity index is 656. The SMILES string of the molecule is CCc1noc(C2CC(=O)N(Cc3ccccc3Cl)C2)n1. The molecule has 1 aliphatic rings. The third-order valence-electron chi connectivity index (χ3n) is 3.68. The van der Waals surface area contributed by atoms with Crippen LogP contribution < -0.4 is 0 Å². The van der Waals surface area contributed by atoms with E-state index < -0.39 is 0 Å². The number of rotatable bonds is 4. The second-order valence-electron chi connectivity index (χ2n) is 5.17. The fraction of sp³-hybridized carbons (Fsp3) is 0.400. The normalized spacial score (nSPS) is 18.5. The highest BCUT2D eigenvalue weighted by molar-refractivity contribution is 6.31. The summed E-state index contributed by atoms with van der Waals surface area (Å²) in [5, 5.41) is 4.57. The number of carbonyl (C=O) groups excluding carboxylic acids is 1. The number of likely N-dealkylation sites (tertiary alicyclic amines) is 1. The Kier molecular flexibility index (Phi) is 3.92. The van der Waals surface area contributed by atoms with Gasteiger partial charge in [-0.2, -0.15) is 4.98 Å². The fourth-order valence-electron chi connectivity index (χ4n) is 2.50. The molecule has 0 aliphatic carbocycles. The maximum Gasteiger partial charge on any atom is 0.232 e. The summed E-state index contributed by atoms with van der Waals surface area (Å²) >= 11 is 6.15. The van der Waals surface area contributed by atoms with E-state index in [1.807, 2.05) is 31.2 Å². The predicted octanol–water partition coefficient (Wildman–Crippen LogP) is 2.80. The van der Waals surface area contributed by atoms with Crippen LogP contribution in [0, 0.1) is 0 Å². The summed E-state index contributed by atoms with van der Waals surface area (Å²) in [7, 11) is 0. The van der Waals surface area contributed by atoms with Crippen molar-refractivity contribution in [2.75, 3.05) is 6.54 Å². The van der Waals surface area contributed by atoms with E-state index in [0.29, 0.717) is 36.2 Å². The molecule has 0 saturated carbocycles. The lowest BCUT2D eigenvalue weighted by atomic mass is 10.1. The summed E-state index contributed by atoms with van der Waals surface area (Å²) in [5.41, 5.74) is 0.952. The van der Waals surface area contributed by atoms with Crippen LogP contribution >= 0.6 is 11.6 Å². The highest BCUT2D eigenvalue weighted by atomic mass is 35.5. The zero-order valence-corrected chi connectivity index (χ0v) is 12.5. The molecule has 2 aromatic rings. The molecule has 1 atom stereocenters. The fourth-order valence-corrected chi connectivity index (χ4v) is 2.70. The highest BCUT2D eigenvalue weighted by Crippen LogP contribution is 2.29. The van der Waals surface area contributed by atoms with Crippen molar-refractivity contribution >= 4 is 17.5 Å². The van der Waals surface area contributed by atoms with Gasteiger partial charge in [0.25, 0.3) is 0 Å². The molecule has 6 heteroatoms. The Morgan fingerprint density at radius 3 is 2.95 bits per heavy atom. The van der Waals surface area contributed by atoms with E-state index in [1.165, 1.54) is 0 Å². The van der Waals surface area contributed by atoms with Gasteiger partial charge in [0.2, 0.25) is 11.8 Å². The number of aromatic nitrogens is 2. The minimum absolute atomic E-state index is 0.0206. The average molecular weight is 306 g/mol. The first kappa shape index (κ1) is 14.1. The van der Waals surface area contributed by atoms with Gasteiger partial charge in [-0.25, -0.2) is 0 Å². The van der Waals surface area contributed by atoms with Crippen molar-refractivity contribution in [2.45, 2.75) is 32.2 Å². The molecular weight excluding hydrogens is 290 g/mol. The molecule has 2 heterocycles. The molecule has 0 bridgehead atoms. The highest BCUT2D eigenvalue weighted by Gasteiger charge is 2.34. The van der Waals surface area contributed by atoms with E-state index in [-0.39, 0.29) is 11.8 Å². The number of aryl methyl sites for hydroxylation is 1. The van der Waals surface area contributed by atoms with Crippen LogP contribution in [0.5, 0.6) is 0 Å². The molecule has 21 heavy (non-hydrogen) atoms. The quantitative estimate of drug-likeness (QED) is 0.871. The van der Waals surface area contributed by atoms with Crippen LogP contribution in [0.2, 0.25) is 5.02 Å². The molecule has 0 spiro atoms. The Morgan fingerprint density at radius 1 is 1.43 bits per heavy atom. The van der Waals surface area contributed by atoms with Crippen LogP contribution in [0.25, 0.3) is 0 Å². The third kappa shape index (κ3) is 2.93. The predicted molar refractivity (Wildman–Crippen MR) is 77.9 cm³/mol. The smallest absolute Gasteiger partial charge is 0.232 e. The summed E-state index contributed by atoms with van der Waals surface area (Å²) in [6.45, 7) is 3.08. The van der Waals surface area contributed by atoms with E-state index in [2.05, 4.69) is 10.1 Å². The summed E-state index contributed by atoms with van der Waals surface area (Å²) in [6, 6.07) is 7.57. The number of carbonyl (C=O) groups is 1. The first-order valence-electron chi connectivity index (χ1n) is 7.01. The number of hydrogen-bond donors (Lipinski definition) is 0. The van der Waals surface area contributed by atoms with Crippen LogP contribution in [-0.4, -0.2) is 27.5 Å². The van der Waals surface area contributed by atoms with E-state index in [0.717, 1.165) is 12.0 Å². The average Bonchev–Trinajstić information content (AvgIpc) is 3.08. The van der Waals surface area contributed by atoms with Gasteiger partial charge in [-0.05, 0) is 11.6 Å². The molecule has 1 fully saturated rings. The van der Waals surface area contributed by atoms with Crippen LogP contribution in [0.3, 0.4) is 0 Å². The Morgan fingerprint density at radius 2 is 2.24 bits per heavy atom. The summed E-state index contributed by atoms with van der Waals surface area (Å²) in [4.78, 5) is 18.3. The molecule has 110 valence electrons. The second-order valence-corrected chi connectivity index (χ2v) is 5.58. The lowest BCUT2D eigenvalue weighted by Crippen LogP contribution is -2.24. The van der Waals surface area contributed by atoms with E-state index in [4.69, 9.17) is 16.1 Å². The van der Waals surface area contributed by atoms with Gasteiger partial charge in [-0.1, -0.05) is 41.9 Å². The zero-order chi connectivity index (χ0) is 14.8. The van der Waals surface area contributed by atoms with Gasteiger partial charge in [0.15, 0.2) is 5.82 Å². The Balaban J connectivity index is 1.71. The van der Waals surface area contributed by atoms with Crippen molar-refractivity contribution < 1.29 is 9.32 Å². The van der Waals surface area contributed by atoms with Gasteiger partial charge in [-0.15, -0.1) is 0 Å².